The van der Waals surface area contributed by atoms with Crippen LogP contribution in [0, 0.1) is 5.41 Å². The van der Waals surface area contributed by atoms with Crippen LogP contribution < -0.4 is 15.5 Å². The van der Waals surface area contributed by atoms with E-state index in [0.717, 1.165) is 44.8 Å². The van der Waals surface area contributed by atoms with Crippen molar-refractivity contribution in [2.24, 2.45) is 10.4 Å². The average Bonchev–Trinajstić information content (AvgIpc) is 3.36. The number of hydrogen-bond donors (Lipinski definition) is 2. The van der Waals surface area contributed by atoms with Crippen molar-refractivity contribution in [3.05, 3.63) is 29.8 Å². The predicted octanol–water partition coefficient (Wildman–Crippen LogP) is 2.73. The van der Waals surface area contributed by atoms with E-state index < -0.39 is 0 Å². The van der Waals surface area contributed by atoms with Crippen molar-refractivity contribution in [1.82, 2.24) is 10.6 Å². The number of benzene rings is 1. The first kappa shape index (κ1) is 20.6. The molecule has 1 heterocycles. The minimum absolute atomic E-state index is 0.0832. The molecule has 1 saturated carbocycles. The molecule has 6 heteroatoms. The van der Waals surface area contributed by atoms with Gasteiger partial charge in [0.25, 0.3) is 0 Å². The van der Waals surface area contributed by atoms with E-state index in [-0.39, 0.29) is 17.9 Å². The highest BCUT2D eigenvalue weighted by Crippen LogP contribution is 2.40. The van der Waals surface area contributed by atoms with E-state index in [9.17, 15) is 4.79 Å². The third-order valence-electron chi connectivity index (χ3n) is 6.09. The number of nitrogens with one attached hydrogen (secondary N) is 2. The maximum Gasteiger partial charge on any atom is 0.246 e. The molecule has 0 aromatic heterocycles. The van der Waals surface area contributed by atoms with Gasteiger partial charge in [-0.2, -0.15) is 0 Å². The van der Waals surface area contributed by atoms with Gasteiger partial charge in [-0.3, -0.25) is 9.79 Å². The Morgan fingerprint density at radius 1 is 1.25 bits per heavy atom. The summed E-state index contributed by atoms with van der Waals surface area (Å²) in [7, 11) is 1.76. The van der Waals surface area contributed by atoms with Crippen molar-refractivity contribution < 1.29 is 9.53 Å². The lowest BCUT2D eigenvalue weighted by Gasteiger charge is -2.30. The summed E-state index contributed by atoms with van der Waals surface area (Å²) in [4.78, 5) is 18.9. The van der Waals surface area contributed by atoms with Crippen LogP contribution in [0.15, 0.2) is 29.3 Å². The topological polar surface area (TPSA) is 66.0 Å². The summed E-state index contributed by atoms with van der Waals surface area (Å²) < 4.78 is 5.59. The first-order valence-electron chi connectivity index (χ1n) is 10.6. The van der Waals surface area contributed by atoms with Crippen LogP contribution in [0.3, 0.4) is 0 Å². The normalized spacial score (nSPS) is 18.2. The molecular formula is C22H34N4O2. The third kappa shape index (κ3) is 5.04. The zero-order valence-electron chi connectivity index (χ0n) is 17.3. The zero-order valence-corrected chi connectivity index (χ0v) is 17.3. The molecule has 1 aromatic carbocycles. The van der Waals surface area contributed by atoms with Gasteiger partial charge in [-0.05, 0) is 49.7 Å². The van der Waals surface area contributed by atoms with Crippen molar-refractivity contribution in [3.8, 4) is 0 Å². The van der Waals surface area contributed by atoms with E-state index in [2.05, 4.69) is 21.7 Å². The van der Waals surface area contributed by atoms with Crippen molar-refractivity contribution in [3.63, 3.8) is 0 Å². The van der Waals surface area contributed by atoms with Gasteiger partial charge in [-0.1, -0.05) is 31.0 Å². The van der Waals surface area contributed by atoms with Gasteiger partial charge in [0.1, 0.15) is 0 Å². The Labute approximate surface area is 168 Å². The van der Waals surface area contributed by atoms with Gasteiger partial charge in [0, 0.05) is 39.0 Å². The monoisotopic (exact) mass is 386 g/mol. The summed E-state index contributed by atoms with van der Waals surface area (Å²) in [5.41, 5.74) is 2.57. The Morgan fingerprint density at radius 3 is 2.79 bits per heavy atom. The second kappa shape index (κ2) is 9.92. The van der Waals surface area contributed by atoms with Crippen LogP contribution >= 0.6 is 0 Å². The molecule has 0 bridgehead atoms. The lowest BCUT2D eigenvalue weighted by atomic mass is 9.83. The molecule has 0 radical (unpaired) electrons. The van der Waals surface area contributed by atoms with Crippen LogP contribution in [0.4, 0.5) is 5.69 Å². The number of hydrogen-bond acceptors (Lipinski definition) is 3. The molecule has 3 rings (SSSR count). The standard InChI is InChI=1S/C22H34N4O2/c1-3-28-15-13-22(11-6-7-12-22)17-25-21(23-2)24-16-20(27)26-14-10-18-8-4-5-9-19(18)26/h4-5,8-9H,3,6-7,10-17H2,1-2H3,(H2,23,24,25). The smallest absolute Gasteiger partial charge is 0.246 e. The first-order chi connectivity index (χ1) is 13.7. The van der Waals surface area contributed by atoms with Gasteiger partial charge >= 0.3 is 0 Å². The fraction of sp³-hybridized carbons (Fsp3) is 0.636. The van der Waals surface area contributed by atoms with E-state index in [4.69, 9.17) is 4.74 Å². The highest BCUT2D eigenvalue weighted by molar-refractivity contribution is 5.98. The van der Waals surface area contributed by atoms with Gasteiger partial charge in [0.05, 0.1) is 6.54 Å². The highest BCUT2D eigenvalue weighted by atomic mass is 16.5. The molecule has 0 atom stereocenters. The van der Waals surface area contributed by atoms with Crippen LogP contribution in [0.5, 0.6) is 0 Å². The zero-order chi connectivity index (χ0) is 19.8. The third-order valence-corrected chi connectivity index (χ3v) is 6.09. The maximum atomic E-state index is 12.7. The number of rotatable bonds is 8. The van der Waals surface area contributed by atoms with Crippen LogP contribution in [0.2, 0.25) is 0 Å². The SMILES string of the molecule is CCOCCC1(CNC(=NC)NCC(=O)N2CCc3ccccc32)CCCC1. The molecule has 6 nitrogen and oxygen atoms in total. The molecule has 2 aliphatic rings. The Hall–Kier alpha value is -2.08. The Bertz CT molecular complexity index is 683. The molecule has 1 aliphatic carbocycles. The van der Waals surface area contributed by atoms with Crippen LogP contribution in [-0.4, -0.2) is 51.8 Å². The number of para-hydroxylation sites is 1. The average molecular weight is 387 g/mol. The molecule has 0 unspecified atom stereocenters. The summed E-state index contributed by atoms with van der Waals surface area (Å²) in [5.74, 6) is 0.781. The van der Waals surface area contributed by atoms with Crippen molar-refractivity contribution >= 4 is 17.6 Å². The van der Waals surface area contributed by atoms with Crippen molar-refractivity contribution in [2.75, 3.05) is 44.8 Å². The molecule has 1 amide bonds. The Morgan fingerprint density at radius 2 is 2.04 bits per heavy atom. The molecule has 1 aromatic rings. The lowest BCUT2D eigenvalue weighted by molar-refractivity contribution is -0.117. The summed E-state index contributed by atoms with van der Waals surface area (Å²) in [6.45, 7) is 5.51. The molecule has 0 spiro atoms. The number of nitrogens with zero attached hydrogens (tertiary/aromatic N) is 2. The summed E-state index contributed by atoms with van der Waals surface area (Å²) in [6, 6.07) is 8.14. The largest absolute Gasteiger partial charge is 0.382 e. The number of amides is 1. The van der Waals surface area contributed by atoms with E-state index in [1.807, 2.05) is 30.0 Å². The van der Waals surface area contributed by atoms with Crippen molar-refractivity contribution in [1.29, 1.82) is 0 Å². The molecular weight excluding hydrogens is 352 g/mol. The second-order valence-electron chi connectivity index (χ2n) is 7.86. The molecule has 154 valence electrons. The number of guanidine groups is 1. The number of anilines is 1. The lowest BCUT2D eigenvalue weighted by Crippen LogP contribution is -2.47. The number of carbonyl (C=O) groups excluding carboxylic acids is 1. The van der Waals surface area contributed by atoms with Gasteiger partial charge in [0.2, 0.25) is 5.91 Å². The summed E-state index contributed by atoms with van der Waals surface area (Å²) >= 11 is 0. The quantitative estimate of drug-likeness (QED) is 0.410. The van der Waals surface area contributed by atoms with E-state index in [1.54, 1.807) is 7.05 Å². The predicted molar refractivity (Wildman–Crippen MR) is 114 cm³/mol. The molecule has 1 aliphatic heterocycles. The van der Waals surface area contributed by atoms with Gasteiger partial charge in [-0.25, -0.2) is 0 Å². The van der Waals surface area contributed by atoms with Crippen LogP contribution in [0.1, 0.15) is 44.6 Å². The number of fused-ring (bicyclic) bond motifs is 1. The summed E-state index contributed by atoms with van der Waals surface area (Å²) in [5, 5.41) is 6.66. The maximum absolute atomic E-state index is 12.7. The number of carbonyl (C=O) groups is 1. The Kier molecular flexibility index (Phi) is 7.31. The van der Waals surface area contributed by atoms with E-state index in [0.29, 0.717) is 5.96 Å². The fourth-order valence-corrected chi connectivity index (χ4v) is 4.42. The molecule has 0 saturated heterocycles. The van der Waals surface area contributed by atoms with E-state index in [1.165, 1.54) is 31.2 Å². The van der Waals surface area contributed by atoms with Gasteiger partial charge in [-0.15, -0.1) is 0 Å². The first-order valence-corrected chi connectivity index (χ1v) is 10.6. The highest BCUT2D eigenvalue weighted by Gasteiger charge is 2.33. The molecule has 28 heavy (non-hydrogen) atoms. The number of ether oxygens (including phenoxy) is 1. The van der Waals surface area contributed by atoms with Gasteiger partial charge < -0.3 is 20.3 Å². The summed E-state index contributed by atoms with van der Waals surface area (Å²) in [6.07, 6.45) is 7.03. The Balaban J connectivity index is 1.49. The number of aliphatic imine (C=N–C) groups is 1. The molecule has 2 N–H and O–H groups in total. The van der Waals surface area contributed by atoms with Crippen molar-refractivity contribution in [2.45, 2.75) is 45.4 Å². The van der Waals surface area contributed by atoms with Crippen LogP contribution in [0.25, 0.3) is 0 Å². The minimum atomic E-state index is 0.0832. The van der Waals surface area contributed by atoms with E-state index >= 15 is 0 Å². The molecule has 1 fully saturated rings. The fourth-order valence-electron chi connectivity index (χ4n) is 4.42. The second-order valence-corrected chi connectivity index (χ2v) is 7.86. The minimum Gasteiger partial charge on any atom is -0.382 e. The van der Waals surface area contributed by atoms with Gasteiger partial charge in [0.15, 0.2) is 5.96 Å². The van der Waals surface area contributed by atoms with Crippen LogP contribution in [-0.2, 0) is 16.0 Å².